The van der Waals surface area contributed by atoms with E-state index in [2.05, 4.69) is 28.1 Å². The number of benzene rings is 1. The molecule has 0 bridgehead atoms. The Hall–Kier alpha value is -1.90. The first-order valence-corrected chi connectivity index (χ1v) is 6.53. The van der Waals surface area contributed by atoms with Crippen molar-refractivity contribution in [1.29, 1.82) is 0 Å². The van der Waals surface area contributed by atoms with Crippen LogP contribution in [0.25, 0.3) is 17.0 Å². The minimum atomic E-state index is 0.804. The predicted octanol–water partition coefficient (Wildman–Crippen LogP) is 3.26. The van der Waals surface area contributed by atoms with Crippen molar-refractivity contribution in [1.82, 2.24) is 9.97 Å². The van der Waals surface area contributed by atoms with E-state index in [0.29, 0.717) is 0 Å². The fourth-order valence-corrected chi connectivity index (χ4v) is 2.47. The van der Waals surface area contributed by atoms with Crippen LogP contribution in [-0.4, -0.2) is 23.1 Å². The lowest BCUT2D eigenvalue weighted by atomic mass is 10.2. The summed E-state index contributed by atoms with van der Waals surface area (Å²) in [6.45, 7) is 4.21. The van der Waals surface area contributed by atoms with Crippen molar-refractivity contribution in [3.05, 3.63) is 36.2 Å². The molecule has 0 unspecified atom stereocenters. The van der Waals surface area contributed by atoms with E-state index in [1.165, 1.54) is 12.8 Å². The monoisotopic (exact) mass is 239 g/mol. The molecule has 0 spiro atoms. The maximum Gasteiger partial charge on any atom is 0.154 e. The average Bonchev–Trinajstić information content (AvgIpc) is 2.92. The van der Waals surface area contributed by atoms with Gasteiger partial charge in [-0.2, -0.15) is 0 Å². The lowest BCUT2D eigenvalue weighted by molar-refractivity contribution is 0.936. The lowest BCUT2D eigenvalue weighted by Crippen LogP contribution is -2.20. The maximum atomic E-state index is 4.70. The molecule has 1 fully saturated rings. The number of fused-ring (bicyclic) bond motifs is 1. The van der Waals surface area contributed by atoms with Crippen LogP contribution < -0.4 is 4.90 Å². The van der Waals surface area contributed by atoms with Gasteiger partial charge in [0.15, 0.2) is 5.82 Å². The van der Waals surface area contributed by atoms with Gasteiger partial charge in [-0.25, -0.2) is 9.97 Å². The molecule has 3 nitrogen and oxygen atoms in total. The second-order valence-electron chi connectivity index (χ2n) is 4.62. The second-order valence-corrected chi connectivity index (χ2v) is 4.62. The van der Waals surface area contributed by atoms with Crippen molar-refractivity contribution >= 4 is 22.8 Å². The number of nitrogens with zero attached hydrogens (tertiary/aromatic N) is 3. The topological polar surface area (TPSA) is 29.0 Å². The molecule has 18 heavy (non-hydrogen) atoms. The SMILES string of the molecule is C/C=C/c1nc(N2CCCC2)c2ccccc2n1. The third-order valence-corrected chi connectivity index (χ3v) is 3.32. The first-order chi connectivity index (χ1) is 8.88. The highest BCUT2D eigenvalue weighted by Gasteiger charge is 2.17. The maximum absolute atomic E-state index is 4.70. The molecule has 0 atom stereocenters. The van der Waals surface area contributed by atoms with Gasteiger partial charge in [0.05, 0.1) is 5.52 Å². The lowest BCUT2D eigenvalue weighted by Gasteiger charge is -2.18. The number of hydrogen-bond donors (Lipinski definition) is 0. The van der Waals surface area contributed by atoms with E-state index < -0.39 is 0 Å². The van der Waals surface area contributed by atoms with E-state index in [0.717, 1.165) is 35.6 Å². The van der Waals surface area contributed by atoms with Crippen molar-refractivity contribution in [3.8, 4) is 0 Å². The molecule has 92 valence electrons. The molecular formula is C15H17N3. The quantitative estimate of drug-likeness (QED) is 0.805. The fourth-order valence-electron chi connectivity index (χ4n) is 2.47. The Morgan fingerprint density at radius 2 is 1.89 bits per heavy atom. The zero-order valence-electron chi connectivity index (χ0n) is 10.6. The summed E-state index contributed by atoms with van der Waals surface area (Å²) in [5.74, 6) is 1.89. The van der Waals surface area contributed by atoms with Gasteiger partial charge in [0, 0.05) is 18.5 Å². The van der Waals surface area contributed by atoms with Crippen molar-refractivity contribution in [2.45, 2.75) is 19.8 Å². The summed E-state index contributed by atoms with van der Waals surface area (Å²) in [7, 11) is 0. The second kappa shape index (κ2) is 4.77. The van der Waals surface area contributed by atoms with Gasteiger partial charge in [-0.05, 0) is 38.0 Å². The van der Waals surface area contributed by atoms with Crippen molar-refractivity contribution in [2.24, 2.45) is 0 Å². The van der Waals surface area contributed by atoms with Crippen LogP contribution in [0.4, 0.5) is 5.82 Å². The Morgan fingerprint density at radius 3 is 2.67 bits per heavy atom. The highest BCUT2D eigenvalue weighted by molar-refractivity contribution is 5.90. The first-order valence-electron chi connectivity index (χ1n) is 6.53. The molecule has 1 aromatic carbocycles. The Labute approximate surface area is 107 Å². The molecule has 1 aromatic heterocycles. The van der Waals surface area contributed by atoms with Crippen molar-refractivity contribution < 1.29 is 0 Å². The molecule has 0 N–H and O–H groups in total. The number of para-hydroxylation sites is 1. The van der Waals surface area contributed by atoms with Gasteiger partial charge in [0.25, 0.3) is 0 Å². The summed E-state index contributed by atoms with van der Waals surface area (Å²) in [5, 5.41) is 1.16. The zero-order chi connectivity index (χ0) is 12.4. The molecule has 1 saturated heterocycles. The average molecular weight is 239 g/mol. The molecular weight excluding hydrogens is 222 g/mol. The first kappa shape index (κ1) is 11.2. The molecule has 0 aliphatic carbocycles. The van der Waals surface area contributed by atoms with Crippen LogP contribution in [0.3, 0.4) is 0 Å². The molecule has 0 radical (unpaired) electrons. The van der Waals surface area contributed by atoms with Crippen LogP contribution in [-0.2, 0) is 0 Å². The normalized spacial score (nSPS) is 15.9. The van der Waals surface area contributed by atoms with Crippen LogP contribution in [0.5, 0.6) is 0 Å². The van der Waals surface area contributed by atoms with Gasteiger partial charge in [0.2, 0.25) is 0 Å². The molecule has 0 amide bonds. The number of rotatable bonds is 2. The third kappa shape index (κ3) is 1.96. The fraction of sp³-hybridized carbons (Fsp3) is 0.333. The predicted molar refractivity (Wildman–Crippen MR) is 75.7 cm³/mol. The minimum absolute atomic E-state index is 0.804. The van der Waals surface area contributed by atoms with E-state index >= 15 is 0 Å². The molecule has 0 saturated carbocycles. The molecule has 1 aliphatic rings. The summed E-state index contributed by atoms with van der Waals surface area (Å²) in [4.78, 5) is 11.6. The number of aromatic nitrogens is 2. The molecule has 3 rings (SSSR count). The Balaban J connectivity index is 2.19. The van der Waals surface area contributed by atoms with Crippen LogP contribution in [0.2, 0.25) is 0 Å². The highest BCUT2D eigenvalue weighted by atomic mass is 15.2. The standard InChI is InChI=1S/C15H17N3/c1-2-7-14-16-13-9-4-3-8-12(13)15(17-14)18-10-5-6-11-18/h2-4,7-9H,5-6,10-11H2,1H3/b7-2+. The minimum Gasteiger partial charge on any atom is -0.356 e. The highest BCUT2D eigenvalue weighted by Crippen LogP contribution is 2.26. The van der Waals surface area contributed by atoms with Crippen LogP contribution in [0.1, 0.15) is 25.6 Å². The van der Waals surface area contributed by atoms with E-state index in [9.17, 15) is 0 Å². The summed E-state index contributed by atoms with van der Waals surface area (Å²) < 4.78 is 0. The zero-order valence-corrected chi connectivity index (χ0v) is 10.6. The summed E-state index contributed by atoms with van der Waals surface area (Å²) >= 11 is 0. The van der Waals surface area contributed by atoms with Crippen LogP contribution in [0, 0.1) is 0 Å². The van der Waals surface area contributed by atoms with Gasteiger partial charge in [-0.3, -0.25) is 0 Å². The van der Waals surface area contributed by atoms with E-state index in [1.807, 2.05) is 25.1 Å². The van der Waals surface area contributed by atoms with Gasteiger partial charge in [0.1, 0.15) is 5.82 Å². The molecule has 2 heterocycles. The summed E-state index contributed by atoms with van der Waals surface area (Å²) in [5.41, 5.74) is 1.03. The van der Waals surface area contributed by atoms with Gasteiger partial charge < -0.3 is 4.90 Å². The number of allylic oxidation sites excluding steroid dienone is 1. The van der Waals surface area contributed by atoms with E-state index in [1.54, 1.807) is 0 Å². The van der Waals surface area contributed by atoms with Crippen LogP contribution >= 0.6 is 0 Å². The van der Waals surface area contributed by atoms with Gasteiger partial charge in [-0.1, -0.05) is 18.2 Å². The largest absolute Gasteiger partial charge is 0.356 e. The number of anilines is 1. The van der Waals surface area contributed by atoms with Crippen molar-refractivity contribution in [2.75, 3.05) is 18.0 Å². The molecule has 2 aromatic rings. The Morgan fingerprint density at radius 1 is 1.11 bits per heavy atom. The van der Waals surface area contributed by atoms with Gasteiger partial charge in [-0.15, -0.1) is 0 Å². The van der Waals surface area contributed by atoms with E-state index in [-0.39, 0.29) is 0 Å². The van der Waals surface area contributed by atoms with Crippen LogP contribution in [0.15, 0.2) is 30.3 Å². The Kier molecular flexibility index (Phi) is 2.97. The summed E-state index contributed by atoms with van der Waals surface area (Å²) in [6, 6.07) is 8.26. The third-order valence-electron chi connectivity index (χ3n) is 3.32. The van der Waals surface area contributed by atoms with Gasteiger partial charge >= 0.3 is 0 Å². The van der Waals surface area contributed by atoms with Crippen molar-refractivity contribution in [3.63, 3.8) is 0 Å². The Bertz CT molecular complexity index is 583. The molecule has 3 heteroatoms. The number of hydrogen-bond acceptors (Lipinski definition) is 3. The molecule has 1 aliphatic heterocycles. The smallest absolute Gasteiger partial charge is 0.154 e. The van der Waals surface area contributed by atoms with E-state index in [4.69, 9.17) is 4.98 Å². The summed E-state index contributed by atoms with van der Waals surface area (Å²) in [6.07, 6.45) is 6.47.